The van der Waals surface area contributed by atoms with Gasteiger partial charge in [0.25, 0.3) is 0 Å². The lowest BCUT2D eigenvalue weighted by Gasteiger charge is -2.26. The molecular formula is C27H22N2O2S. The Morgan fingerprint density at radius 2 is 1.97 bits per heavy atom. The molecule has 1 aliphatic heterocycles. The molecule has 0 atom stereocenters. The van der Waals surface area contributed by atoms with Crippen LogP contribution in [0.4, 0.5) is 0 Å². The molecule has 0 amide bonds. The van der Waals surface area contributed by atoms with Gasteiger partial charge in [0.05, 0.1) is 5.56 Å². The zero-order valence-electron chi connectivity index (χ0n) is 17.7. The van der Waals surface area contributed by atoms with Crippen LogP contribution >= 0.6 is 11.9 Å². The van der Waals surface area contributed by atoms with Crippen molar-refractivity contribution in [3.63, 3.8) is 0 Å². The Morgan fingerprint density at radius 1 is 1.06 bits per heavy atom. The van der Waals surface area contributed by atoms with Crippen molar-refractivity contribution in [3.05, 3.63) is 94.7 Å². The van der Waals surface area contributed by atoms with E-state index in [1.54, 1.807) is 24.1 Å². The fourth-order valence-corrected chi connectivity index (χ4v) is 4.80. The molecule has 0 saturated carbocycles. The van der Waals surface area contributed by atoms with Gasteiger partial charge < -0.3 is 10.1 Å². The van der Waals surface area contributed by atoms with E-state index in [1.165, 1.54) is 11.1 Å². The Labute approximate surface area is 191 Å². The zero-order valence-corrected chi connectivity index (χ0v) is 18.5. The quantitative estimate of drug-likeness (QED) is 0.324. The second kappa shape index (κ2) is 8.58. The molecule has 3 aromatic carbocycles. The molecule has 0 fully saturated rings. The van der Waals surface area contributed by atoms with Crippen LogP contribution in [0.25, 0.3) is 22.0 Å². The number of rotatable bonds is 3. The maximum atomic E-state index is 12.0. The highest BCUT2D eigenvalue weighted by molar-refractivity contribution is 7.96. The van der Waals surface area contributed by atoms with Crippen LogP contribution in [0.1, 0.15) is 32.6 Å². The van der Waals surface area contributed by atoms with Crippen molar-refractivity contribution in [1.29, 1.82) is 0 Å². The fourth-order valence-electron chi connectivity index (χ4n) is 4.25. The maximum absolute atomic E-state index is 12.0. The molecule has 1 aromatic heterocycles. The molecule has 0 aliphatic carbocycles. The van der Waals surface area contributed by atoms with E-state index >= 15 is 0 Å². The van der Waals surface area contributed by atoms with Crippen molar-refractivity contribution in [2.45, 2.75) is 13.0 Å². The van der Waals surface area contributed by atoms with Crippen molar-refractivity contribution in [1.82, 2.24) is 9.29 Å². The van der Waals surface area contributed by atoms with Gasteiger partial charge in [-0.05, 0) is 71.2 Å². The van der Waals surface area contributed by atoms with E-state index in [2.05, 4.69) is 45.6 Å². The average molecular weight is 439 g/mol. The SMILES string of the molecule is CSN1CCc2ccc(C#Cc3cccc(C(=O)O)c3-c3ccc4cc[nH]c4c3)cc2C1. The van der Waals surface area contributed by atoms with Gasteiger partial charge in [-0.3, -0.25) is 0 Å². The first-order chi connectivity index (χ1) is 15.6. The molecule has 2 N–H and O–H groups in total. The lowest BCUT2D eigenvalue weighted by molar-refractivity contribution is 0.0697. The first-order valence-corrected chi connectivity index (χ1v) is 11.7. The fraction of sp³-hybridized carbons (Fsp3) is 0.148. The predicted molar refractivity (Wildman–Crippen MR) is 131 cm³/mol. The number of hydrogen-bond acceptors (Lipinski definition) is 3. The minimum absolute atomic E-state index is 0.253. The summed E-state index contributed by atoms with van der Waals surface area (Å²) in [5, 5.41) is 10.9. The number of aromatic amines is 1. The molecule has 1 aliphatic rings. The monoisotopic (exact) mass is 438 g/mol. The number of carboxylic acid groups (broad SMARTS) is 1. The average Bonchev–Trinajstić information content (AvgIpc) is 3.29. The Hall–Kier alpha value is -3.46. The topological polar surface area (TPSA) is 56.3 Å². The summed E-state index contributed by atoms with van der Waals surface area (Å²) in [6.07, 6.45) is 5.04. The number of aromatic carboxylic acids is 1. The van der Waals surface area contributed by atoms with E-state index in [0.717, 1.165) is 41.5 Å². The molecule has 158 valence electrons. The lowest BCUT2D eigenvalue weighted by Crippen LogP contribution is -2.24. The number of aromatic nitrogens is 1. The molecule has 32 heavy (non-hydrogen) atoms. The third-order valence-corrected chi connectivity index (χ3v) is 6.75. The summed E-state index contributed by atoms with van der Waals surface area (Å²) in [4.78, 5) is 15.2. The molecule has 0 unspecified atom stereocenters. The second-order valence-corrected chi connectivity index (χ2v) is 8.72. The van der Waals surface area contributed by atoms with Crippen molar-refractivity contribution in [3.8, 4) is 23.0 Å². The number of H-pyrrole nitrogens is 1. The van der Waals surface area contributed by atoms with Crippen LogP contribution in [0, 0.1) is 11.8 Å². The third-order valence-electron chi connectivity index (χ3n) is 5.92. The summed E-state index contributed by atoms with van der Waals surface area (Å²) in [7, 11) is 0. The van der Waals surface area contributed by atoms with Gasteiger partial charge in [-0.25, -0.2) is 9.10 Å². The number of benzene rings is 3. The number of nitrogens with one attached hydrogen (secondary N) is 1. The van der Waals surface area contributed by atoms with Crippen molar-refractivity contribution in [2.24, 2.45) is 0 Å². The van der Waals surface area contributed by atoms with Crippen LogP contribution in [0.15, 0.2) is 66.9 Å². The van der Waals surface area contributed by atoms with Gasteiger partial charge in [-0.1, -0.05) is 48.1 Å². The molecule has 0 saturated heterocycles. The van der Waals surface area contributed by atoms with Gasteiger partial charge in [0.15, 0.2) is 0 Å². The molecule has 5 rings (SSSR count). The largest absolute Gasteiger partial charge is 0.478 e. The molecule has 0 radical (unpaired) electrons. The maximum Gasteiger partial charge on any atom is 0.336 e. The summed E-state index contributed by atoms with van der Waals surface area (Å²) < 4.78 is 2.35. The molecule has 0 bridgehead atoms. The zero-order chi connectivity index (χ0) is 22.1. The number of carbonyl (C=O) groups is 1. The summed E-state index contributed by atoms with van der Waals surface area (Å²) >= 11 is 1.77. The van der Waals surface area contributed by atoms with Gasteiger partial charge in [0.1, 0.15) is 0 Å². The Bertz CT molecular complexity index is 1390. The van der Waals surface area contributed by atoms with Gasteiger partial charge in [0.2, 0.25) is 0 Å². The number of hydrogen-bond donors (Lipinski definition) is 2. The van der Waals surface area contributed by atoms with Crippen molar-refractivity contribution >= 4 is 28.8 Å². The Morgan fingerprint density at radius 3 is 2.81 bits per heavy atom. The van der Waals surface area contributed by atoms with Crippen LogP contribution in [-0.2, 0) is 13.0 Å². The molecule has 0 spiro atoms. The van der Waals surface area contributed by atoms with Gasteiger partial charge in [0, 0.05) is 41.5 Å². The smallest absolute Gasteiger partial charge is 0.336 e. The first-order valence-electron chi connectivity index (χ1n) is 10.5. The van der Waals surface area contributed by atoms with Crippen LogP contribution in [0.2, 0.25) is 0 Å². The van der Waals surface area contributed by atoms with E-state index < -0.39 is 5.97 Å². The van der Waals surface area contributed by atoms with Crippen LogP contribution in [-0.4, -0.2) is 33.2 Å². The van der Waals surface area contributed by atoms with Gasteiger partial charge in [-0.2, -0.15) is 0 Å². The second-order valence-electron chi connectivity index (χ2n) is 7.84. The van der Waals surface area contributed by atoms with E-state index in [4.69, 9.17) is 0 Å². The Balaban J connectivity index is 1.58. The first kappa shape index (κ1) is 20.4. The van der Waals surface area contributed by atoms with Gasteiger partial charge in [-0.15, -0.1) is 0 Å². The molecule has 4 nitrogen and oxygen atoms in total. The molecule has 4 aromatic rings. The standard InChI is InChI=1S/C27H22N2O2S/c1-32-29-14-12-19-7-5-18(15-23(19)17-29)6-8-21-3-2-4-24(27(30)31)26(21)22-10-9-20-11-13-28-25(20)16-22/h2-5,7,9-11,13,15-16,28H,12,14,17H2,1H3,(H,30,31). The summed E-state index contributed by atoms with van der Waals surface area (Å²) in [6.45, 7) is 1.98. The highest BCUT2D eigenvalue weighted by atomic mass is 32.2. The minimum atomic E-state index is -0.957. The minimum Gasteiger partial charge on any atom is -0.478 e. The number of fused-ring (bicyclic) bond motifs is 2. The summed E-state index contributed by atoms with van der Waals surface area (Å²) in [5.74, 6) is 5.57. The van der Waals surface area contributed by atoms with E-state index in [-0.39, 0.29) is 5.56 Å². The Kier molecular flexibility index (Phi) is 5.48. The van der Waals surface area contributed by atoms with Crippen LogP contribution in [0.5, 0.6) is 0 Å². The number of carboxylic acids is 1. The van der Waals surface area contributed by atoms with Crippen molar-refractivity contribution in [2.75, 3.05) is 12.8 Å². The third kappa shape index (κ3) is 3.91. The lowest BCUT2D eigenvalue weighted by atomic mass is 9.93. The molecular weight excluding hydrogens is 416 g/mol. The predicted octanol–water partition coefficient (Wildman–Crippen LogP) is 5.57. The molecule has 2 heterocycles. The van der Waals surface area contributed by atoms with E-state index in [9.17, 15) is 9.90 Å². The molecule has 5 heteroatoms. The van der Waals surface area contributed by atoms with Crippen LogP contribution < -0.4 is 0 Å². The highest BCUT2D eigenvalue weighted by Gasteiger charge is 2.17. The van der Waals surface area contributed by atoms with E-state index in [1.807, 2.05) is 36.5 Å². The summed E-state index contributed by atoms with van der Waals surface area (Å²) in [5.41, 5.74) is 7.05. The highest BCUT2D eigenvalue weighted by Crippen LogP contribution is 2.30. The van der Waals surface area contributed by atoms with Crippen LogP contribution in [0.3, 0.4) is 0 Å². The normalized spacial score (nSPS) is 13.4. The van der Waals surface area contributed by atoms with Crippen molar-refractivity contribution < 1.29 is 9.90 Å². The summed E-state index contributed by atoms with van der Waals surface area (Å²) in [6, 6.07) is 19.6. The van der Waals surface area contributed by atoms with E-state index in [0.29, 0.717) is 11.1 Å². The van der Waals surface area contributed by atoms with Gasteiger partial charge >= 0.3 is 5.97 Å². The number of nitrogens with zero attached hydrogens (tertiary/aromatic N) is 1.